The number of aromatic nitrogens is 2. The summed E-state index contributed by atoms with van der Waals surface area (Å²) in [6, 6.07) is 0.535. The Kier molecular flexibility index (Phi) is 3.11. The van der Waals surface area contributed by atoms with Crippen LogP contribution < -0.4 is 4.90 Å². The van der Waals surface area contributed by atoms with Crippen molar-refractivity contribution in [2.24, 2.45) is 0 Å². The molecule has 5 nitrogen and oxygen atoms in total. The van der Waals surface area contributed by atoms with E-state index >= 15 is 0 Å². The van der Waals surface area contributed by atoms with Crippen molar-refractivity contribution in [1.82, 2.24) is 10.2 Å². The smallest absolute Gasteiger partial charge is 0.318 e. The lowest BCUT2D eigenvalue weighted by atomic mass is 10.3. The highest BCUT2D eigenvalue weighted by Crippen LogP contribution is 2.22. The molecule has 1 fully saturated rings. The first-order valence-electron chi connectivity index (χ1n) is 5.01. The van der Waals surface area contributed by atoms with Crippen molar-refractivity contribution < 1.29 is 9.15 Å². The van der Waals surface area contributed by atoms with Crippen LogP contribution >= 0.6 is 11.6 Å². The summed E-state index contributed by atoms with van der Waals surface area (Å²) in [5.74, 6) is 0.464. The molecule has 2 unspecified atom stereocenters. The van der Waals surface area contributed by atoms with Crippen LogP contribution in [0.25, 0.3) is 0 Å². The van der Waals surface area contributed by atoms with Crippen molar-refractivity contribution in [3.8, 4) is 0 Å². The quantitative estimate of drug-likeness (QED) is 0.724. The zero-order valence-corrected chi connectivity index (χ0v) is 9.57. The zero-order chi connectivity index (χ0) is 10.8. The standard InChI is InChI=1S/C9H14ClN3O2/c1-6-5-13(3-4-14-6)9-12-11-8(15-9)7(2)10/h6-7H,3-5H2,1-2H3. The molecule has 0 aromatic carbocycles. The fourth-order valence-electron chi connectivity index (χ4n) is 1.51. The molecule has 2 rings (SSSR count). The van der Waals surface area contributed by atoms with Crippen molar-refractivity contribution in [2.75, 3.05) is 24.6 Å². The van der Waals surface area contributed by atoms with Gasteiger partial charge in [0.15, 0.2) is 0 Å². The minimum absolute atomic E-state index is 0.197. The molecule has 1 saturated heterocycles. The SMILES string of the molecule is CC1CN(c2nnc(C(C)Cl)o2)CCO1. The van der Waals surface area contributed by atoms with Gasteiger partial charge in [-0.05, 0) is 13.8 Å². The summed E-state index contributed by atoms with van der Waals surface area (Å²) in [4.78, 5) is 2.02. The van der Waals surface area contributed by atoms with Gasteiger partial charge in [0, 0.05) is 13.1 Å². The molecule has 1 aliphatic heterocycles. The van der Waals surface area contributed by atoms with Crippen LogP contribution in [0.2, 0.25) is 0 Å². The van der Waals surface area contributed by atoms with E-state index in [1.807, 2.05) is 11.8 Å². The van der Waals surface area contributed by atoms with E-state index in [4.69, 9.17) is 20.8 Å². The van der Waals surface area contributed by atoms with Crippen LogP contribution in [0.1, 0.15) is 25.1 Å². The van der Waals surface area contributed by atoms with Gasteiger partial charge in [0.05, 0.1) is 12.7 Å². The third-order valence-corrected chi connectivity index (χ3v) is 2.47. The summed E-state index contributed by atoms with van der Waals surface area (Å²) in [6.45, 7) is 6.07. The third kappa shape index (κ3) is 2.41. The maximum atomic E-state index is 5.84. The third-order valence-electron chi connectivity index (χ3n) is 2.28. The van der Waals surface area contributed by atoms with Crippen molar-refractivity contribution in [3.05, 3.63) is 5.89 Å². The highest BCUT2D eigenvalue weighted by molar-refractivity contribution is 6.20. The van der Waals surface area contributed by atoms with Crippen LogP contribution in [-0.2, 0) is 4.74 Å². The van der Waals surface area contributed by atoms with Gasteiger partial charge in [0.2, 0.25) is 5.89 Å². The van der Waals surface area contributed by atoms with E-state index in [0.29, 0.717) is 18.5 Å². The van der Waals surface area contributed by atoms with Gasteiger partial charge in [-0.1, -0.05) is 5.10 Å². The number of nitrogens with zero attached hydrogens (tertiary/aromatic N) is 3. The van der Waals surface area contributed by atoms with E-state index in [2.05, 4.69) is 10.2 Å². The number of hydrogen-bond donors (Lipinski definition) is 0. The summed E-state index contributed by atoms with van der Waals surface area (Å²) in [5, 5.41) is 7.60. The zero-order valence-electron chi connectivity index (χ0n) is 8.81. The van der Waals surface area contributed by atoms with Crippen molar-refractivity contribution in [3.63, 3.8) is 0 Å². The Morgan fingerprint density at radius 3 is 2.93 bits per heavy atom. The Bertz CT molecular complexity index is 329. The Labute approximate surface area is 93.4 Å². The Hall–Kier alpha value is -0.810. The second kappa shape index (κ2) is 4.37. The molecule has 6 heteroatoms. The fourth-order valence-corrected chi connectivity index (χ4v) is 1.60. The lowest BCUT2D eigenvalue weighted by Crippen LogP contribution is -2.41. The fraction of sp³-hybridized carbons (Fsp3) is 0.778. The average molecular weight is 232 g/mol. The number of hydrogen-bond acceptors (Lipinski definition) is 5. The number of rotatable bonds is 2. The molecule has 0 bridgehead atoms. The van der Waals surface area contributed by atoms with E-state index in [1.54, 1.807) is 6.92 Å². The van der Waals surface area contributed by atoms with Crippen molar-refractivity contribution >= 4 is 17.6 Å². The first kappa shape index (κ1) is 10.7. The maximum Gasteiger partial charge on any atom is 0.318 e. The number of alkyl halides is 1. The summed E-state index contributed by atoms with van der Waals surface area (Å²) >= 11 is 5.84. The predicted molar refractivity (Wildman–Crippen MR) is 56.2 cm³/mol. The lowest BCUT2D eigenvalue weighted by molar-refractivity contribution is 0.0513. The molecular formula is C9H14ClN3O2. The van der Waals surface area contributed by atoms with Gasteiger partial charge in [-0.15, -0.1) is 16.7 Å². The van der Waals surface area contributed by atoms with E-state index in [9.17, 15) is 0 Å². The molecule has 0 radical (unpaired) electrons. The molecule has 0 N–H and O–H groups in total. The molecule has 2 heterocycles. The molecule has 1 aliphatic rings. The number of anilines is 1. The largest absolute Gasteiger partial charge is 0.406 e. The summed E-state index contributed by atoms with van der Waals surface area (Å²) in [5.41, 5.74) is 0. The van der Waals surface area contributed by atoms with Gasteiger partial charge in [0.25, 0.3) is 0 Å². The van der Waals surface area contributed by atoms with Crippen molar-refractivity contribution in [2.45, 2.75) is 25.3 Å². The molecule has 15 heavy (non-hydrogen) atoms. The van der Waals surface area contributed by atoms with Gasteiger partial charge in [-0.2, -0.15) is 0 Å². The molecule has 84 valence electrons. The van der Waals surface area contributed by atoms with Crippen LogP contribution in [0.15, 0.2) is 4.42 Å². The molecule has 0 aliphatic carbocycles. The van der Waals surface area contributed by atoms with E-state index in [-0.39, 0.29) is 11.5 Å². The Balaban J connectivity index is 2.08. The molecular weight excluding hydrogens is 218 g/mol. The number of ether oxygens (including phenoxy) is 1. The van der Waals surface area contributed by atoms with Gasteiger partial charge in [0.1, 0.15) is 5.38 Å². The molecule has 0 saturated carbocycles. The minimum Gasteiger partial charge on any atom is -0.406 e. The lowest BCUT2D eigenvalue weighted by Gasteiger charge is -2.29. The molecule has 2 atom stereocenters. The Morgan fingerprint density at radius 1 is 1.53 bits per heavy atom. The maximum absolute atomic E-state index is 5.84. The van der Waals surface area contributed by atoms with Crippen LogP contribution in [0, 0.1) is 0 Å². The highest BCUT2D eigenvalue weighted by Gasteiger charge is 2.22. The van der Waals surface area contributed by atoms with E-state index < -0.39 is 0 Å². The van der Waals surface area contributed by atoms with E-state index in [0.717, 1.165) is 13.1 Å². The van der Waals surface area contributed by atoms with Gasteiger partial charge >= 0.3 is 6.01 Å². The van der Waals surface area contributed by atoms with Gasteiger partial charge in [-0.3, -0.25) is 0 Å². The molecule has 0 amide bonds. The van der Waals surface area contributed by atoms with Crippen LogP contribution in [0.3, 0.4) is 0 Å². The highest BCUT2D eigenvalue weighted by atomic mass is 35.5. The van der Waals surface area contributed by atoms with Gasteiger partial charge in [-0.25, -0.2) is 0 Å². The normalized spacial score (nSPS) is 24.2. The minimum atomic E-state index is -0.246. The monoisotopic (exact) mass is 231 g/mol. The van der Waals surface area contributed by atoms with Crippen LogP contribution in [0.5, 0.6) is 0 Å². The second-order valence-corrected chi connectivity index (χ2v) is 4.32. The summed E-state index contributed by atoms with van der Waals surface area (Å²) < 4.78 is 10.9. The van der Waals surface area contributed by atoms with Gasteiger partial charge < -0.3 is 14.1 Å². The van der Waals surface area contributed by atoms with Crippen LogP contribution in [0.4, 0.5) is 6.01 Å². The second-order valence-electron chi connectivity index (χ2n) is 3.67. The van der Waals surface area contributed by atoms with Crippen molar-refractivity contribution in [1.29, 1.82) is 0 Å². The van der Waals surface area contributed by atoms with E-state index in [1.165, 1.54) is 0 Å². The predicted octanol–water partition coefficient (Wildman–Crippen LogP) is 1.59. The number of halogens is 1. The summed E-state index contributed by atoms with van der Waals surface area (Å²) in [6.07, 6.45) is 0.197. The first-order valence-corrected chi connectivity index (χ1v) is 5.44. The summed E-state index contributed by atoms with van der Waals surface area (Å²) in [7, 11) is 0. The number of morpholine rings is 1. The molecule has 0 spiro atoms. The molecule has 1 aromatic rings. The molecule has 1 aromatic heterocycles. The van der Waals surface area contributed by atoms with Crippen LogP contribution in [-0.4, -0.2) is 36.0 Å². The average Bonchev–Trinajstić information content (AvgIpc) is 2.66. The first-order chi connectivity index (χ1) is 7.16. The topological polar surface area (TPSA) is 51.4 Å². The Morgan fingerprint density at radius 2 is 2.33 bits per heavy atom.